The summed E-state index contributed by atoms with van der Waals surface area (Å²) < 4.78 is 5.67. The highest BCUT2D eigenvalue weighted by Crippen LogP contribution is 2.19. The van der Waals surface area contributed by atoms with Crippen molar-refractivity contribution in [3.05, 3.63) is 0 Å². The van der Waals surface area contributed by atoms with Gasteiger partial charge in [0.1, 0.15) is 0 Å². The van der Waals surface area contributed by atoms with Crippen LogP contribution in [-0.2, 0) is 9.53 Å². The smallest absolute Gasteiger partial charge is 0.225 e. The molecule has 1 amide bonds. The Bertz CT molecular complexity index is 232. The molecule has 0 saturated carbocycles. The molecule has 100 valence electrons. The second-order valence-corrected chi connectivity index (χ2v) is 5.25. The zero-order valence-electron chi connectivity index (χ0n) is 11.7. The summed E-state index contributed by atoms with van der Waals surface area (Å²) in [6.07, 6.45) is 4.65. The van der Waals surface area contributed by atoms with Crippen molar-refractivity contribution in [1.29, 1.82) is 0 Å². The minimum atomic E-state index is 0.173. The van der Waals surface area contributed by atoms with Crippen LogP contribution in [0.2, 0.25) is 0 Å². The van der Waals surface area contributed by atoms with Crippen molar-refractivity contribution in [3.8, 4) is 0 Å². The van der Waals surface area contributed by atoms with E-state index in [1.165, 1.54) is 6.42 Å². The van der Waals surface area contributed by atoms with Crippen molar-refractivity contribution in [2.24, 2.45) is 5.92 Å². The van der Waals surface area contributed by atoms with Gasteiger partial charge in [-0.15, -0.1) is 0 Å². The highest BCUT2D eigenvalue weighted by atomic mass is 16.5. The van der Waals surface area contributed by atoms with Gasteiger partial charge in [-0.2, -0.15) is 0 Å². The zero-order chi connectivity index (χ0) is 12.8. The number of morpholine rings is 1. The van der Waals surface area contributed by atoms with Crippen LogP contribution in [0.15, 0.2) is 0 Å². The summed E-state index contributed by atoms with van der Waals surface area (Å²) in [7, 11) is 0. The molecule has 1 rings (SSSR count). The van der Waals surface area contributed by atoms with Gasteiger partial charge in [-0.05, 0) is 26.7 Å². The first-order chi connectivity index (χ1) is 8.08. The number of ether oxygens (including phenoxy) is 1. The van der Waals surface area contributed by atoms with Gasteiger partial charge < -0.3 is 9.64 Å². The Hall–Kier alpha value is -0.570. The lowest BCUT2D eigenvalue weighted by Gasteiger charge is -2.37. The Morgan fingerprint density at radius 2 is 1.88 bits per heavy atom. The molecule has 1 aliphatic rings. The van der Waals surface area contributed by atoms with Crippen molar-refractivity contribution >= 4 is 5.91 Å². The maximum absolute atomic E-state index is 12.4. The molecule has 17 heavy (non-hydrogen) atoms. The minimum absolute atomic E-state index is 0.173. The molecule has 0 radical (unpaired) electrons. The predicted octanol–water partition coefficient (Wildman–Crippen LogP) is 2.84. The Kier molecular flexibility index (Phi) is 5.96. The SMILES string of the molecule is CCCC[C@H](CC)C(=O)N1C[C@H](C)O[C@@H](C)C1. The average molecular weight is 241 g/mol. The summed E-state index contributed by atoms with van der Waals surface area (Å²) in [6, 6.07) is 0. The third kappa shape index (κ3) is 4.30. The van der Waals surface area contributed by atoms with E-state index in [1.54, 1.807) is 0 Å². The van der Waals surface area contributed by atoms with E-state index in [1.807, 2.05) is 18.7 Å². The van der Waals surface area contributed by atoms with Gasteiger partial charge in [0.15, 0.2) is 0 Å². The molecule has 3 nitrogen and oxygen atoms in total. The standard InChI is InChI=1S/C14H27NO2/c1-5-7-8-13(6-2)14(16)15-9-11(3)17-12(4)10-15/h11-13H,5-10H2,1-4H3/t11-,12-,13-/m0/s1. The van der Waals surface area contributed by atoms with Gasteiger partial charge in [-0.25, -0.2) is 0 Å². The van der Waals surface area contributed by atoms with Crippen LogP contribution in [0.25, 0.3) is 0 Å². The van der Waals surface area contributed by atoms with Gasteiger partial charge in [0, 0.05) is 19.0 Å². The van der Waals surface area contributed by atoms with Crippen molar-refractivity contribution < 1.29 is 9.53 Å². The predicted molar refractivity (Wildman–Crippen MR) is 69.9 cm³/mol. The zero-order valence-corrected chi connectivity index (χ0v) is 11.7. The average Bonchev–Trinajstić information content (AvgIpc) is 2.28. The molecule has 0 aromatic carbocycles. The van der Waals surface area contributed by atoms with Gasteiger partial charge in [0.25, 0.3) is 0 Å². The first-order valence-electron chi connectivity index (χ1n) is 7.02. The second-order valence-electron chi connectivity index (χ2n) is 5.25. The van der Waals surface area contributed by atoms with E-state index in [0.717, 1.165) is 32.4 Å². The van der Waals surface area contributed by atoms with E-state index in [9.17, 15) is 4.79 Å². The first-order valence-corrected chi connectivity index (χ1v) is 7.02. The van der Waals surface area contributed by atoms with Crippen LogP contribution in [0.5, 0.6) is 0 Å². The molecule has 0 N–H and O–H groups in total. The molecule has 1 aliphatic heterocycles. The number of carbonyl (C=O) groups excluding carboxylic acids is 1. The second kappa shape index (κ2) is 7.00. The molecular weight excluding hydrogens is 214 g/mol. The molecule has 1 saturated heterocycles. The number of amides is 1. The van der Waals surface area contributed by atoms with E-state index < -0.39 is 0 Å². The van der Waals surface area contributed by atoms with Crippen molar-refractivity contribution in [2.45, 2.75) is 65.6 Å². The lowest BCUT2D eigenvalue weighted by atomic mass is 9.97. The molecule has 3 atom stereocenters. The van der Waals surface area contributed by atoms with Gasteiger partial charge in [0.2, 0.25) is 5.91 Å². The van der Waals surface area contributed by atoms with Crippen LogP contribution in [0, 0.1) is 5.92 Å². The molecule has 0 aromatic heterocycles. The molecule has 0 aliphatic carbocycles. The van der Waals surface area contributed by atoms with Crippen LogP contribution in [0.1, 0.15) is 53.4 Å². The summed E-state index contributed by atoms with van der Waals surface area (Å²) in [6.45, 7) is 9.89. The van der Waals surface area contributed by atoms with E-state index in [4.69, 9.17) is 4.74 Å². The molecule has 1 fully saturated rings. The molecular formula is C14H27NO2. The fourth-order valence-electron chi connectivity index (χ4n) is 2.57. The van der Waals surface area contributed by atoms with Crippen LogP contribution < -0.4 is 0 Å². The molecule has 0 spiro atoms. The monoisotopic (exact) mass is 241 g/mol. The molecule has 3 heteroatoms. The largest absolute Gasteiger partial charge is 0.372 e. The number of hydrogen-bond acceptors (Lipinski definition) is 2. The van der Waals surface area contributed by atoms with Crippen LogP contribution in [0.4, 0.5) is 0 Å². The van der Waals surface area contributed by atoms with E-state index >= 15 is 0 Å². The van der Waals surface area contributed by atoms with Crippen molar-refractivity contribution in [2.75, 3.05) is 13.1 Å². The van der Waals surface area contributed by atoms with Gasteiger partial charge in [-0.3, -0.25) is 4.79 Å². The molecule has 0 aromatic rings. The van der Waals surface area contributed by atoms with Crippen molar-refractivity contribution in [1.82, 2.24) is 4.90 Å². The van der Waals surface area contributed by atoms with Crippen LogP contribution in [-0.4, -0.2) is 36.1 Å². The number of nitrogens with zero attached hydrogens (tertiary/aromatic N) is 1. The summed E-state index contributed by atoms with van der Waals surface area (Å²) >= 11 is 0. The number of carbonyl (C=O) groups is 1. The van der Waals surface area contributed by atoms with Gasteiger partial charge >= 0.3 is 0 Å². The molecule has 1 heterocycles. The van der Waals surface area contributed by atoms with E-state index in [0.29, 0.717) is 5.91 Å². The lowest BCUT2D eigenvalue weighted by Crippen LogP contribution is -2.50. The first kappa shape index (κ1) is 14.5. The number of rotatable bonds is 5. The highest BCUT2D eigenvalue weighted by molar-refractivity contribution is 5.79. The number of unbranched alkanes of at least 4 members (excludes halogenated alkanes) is 1. The fourth-order valence-corrected chi connectivity index (χ4v) is 2.57. The summed E-state index contributed by atoms with van der Waals surface area (Å²) in [5.74, 6) is 0.551. The Balaban J connectivity index is 2.54. The molecule has 0 bridgehead atoms. The van der Waals surface area contributed by atoms with Crippen LogP contribution in [0.3, 0.4) is 0 Å². The maximum Gasteiger partial charge on any atom is 0.225 e. The van der Waals surface area contributed by atoms with Crippen LogP contribution >= 0.6 is 0 Å². The third-order valence-electron chi connectivity index (χ3n) is 3.48. The Morgan fingerprint density at radius 3 is 2.35 bits per heavy atom. The van der Waals surface area contributed by atoms with Gasteiger partial charge in [0.05, 0.1) is 12.2 Å². The molecule has 0 unspecified atom stereocenters. The Labute approximate surface area is 106 Å². The third-order valence-corrected chi connectivity index (χ3v) is 3.48. The quantitative estimate of drug-likeness (QED) is 0.740. The fraction of sp³-hybridized carbons (Fsp3) is 0.929. The van der Waals surface area contributed by atoms with Crippen molar-refractivity contribution in [3.63, 3.8) is 0 Å². The van der Waals surface area contributed by atoms with Gasteiger partial charge in [-0.1, -0.05) is 26.7 Å². The summed E-state index contributed by atoms with van der Waals surface area (Å²) in [4.78, 5) is 14.4. The minimum Gasteiger partial charge on any atom is -0.372 e. The number of hydrogen-bond donors (Lipinski definition) is 0. The lowest BCUT2D eigenvalue weighted by molar-refractivity contribution is -0.147. The van der Waals surface area contributed by atoms with E-state index in [2.05, 4.69) is 13.8 Å². The summed E-state index contributed by atoms with van der Waals surface area (Å²) in [5, 5.41) is 0. The topological polar surface area (TPSA) is 29.5 Å². The summed E-state index contributed by atoms with van der Waals surface area (Å²) in [5.41, 5.74) is 0. The van der Waals surface area contributed by atoms with E-state index in [-0.39, 0.29) is 18.1 Å². The highest BCUT2D eigenvalue weighted by Gasteiger charge is 2.29. The Morgan fingerprint density at radius 1 is 1.29 bits per heavy atom. The maximum atomic E-state index is 12.4. The normalized spacial score (nSPS) is 26.9.